The van der Waals surface area contributed by atoms with Gasteiger partial charge in [0.25, 0.3) is 0 Å². The summed E-state index contributed by atoms with van der Waals surface area (Å²) in [6.45, 7) is 7.54. The second-order valence-corrected chi connectivity index (χ2v) is 5.71. The van der Waals surface area contributed by atoms with Crippen molar-refractivity contribution >= 4 is 11.9 Å². The van der Waals surface area contributed by atoms with Crippen LogP contribution in [0.1, 0.15) is 46.5 Å². The molecule has 19 heavy (non-hydrogen) atoms. The minimum absolute atomic E-state index is 0.0420. The number of carboxylic acid groups (broad SMARTS) is 1. The molecule has 0 spiro atoms. The summed E-state index contributed by atoms with van der Waals surface area (Å²) in [5, 5.41) is 12.3. The number of amides is 1. The first-order chi connectivity index (χ1) is 8.91. The lowest BCUT2D eigenvalue weighted by molar-refractivity contribution is -0.147. The molecule has 2 unspecified atom stereocenters. The van der Waals surface area contributed by atoms with Crippen molar-refractivity contribution in [3.63, 3.8) is 0 Å². The highest BCUT2D eigenvalue weighted by molar-refractivity contribution is 5.77. The predicted molar refractivity (Wildman–Crippen MR) is 73.9 cm³/mol. The number of hydrogen-bond acceptors (Lipinski definition) is 3. The first-order valence-electron chi connectivity index (χ1n) is 7.17. The van der Waals surface area contributed by atoms with Crippen LogP contribution in [0.2, 0.25) is 0 Å². The van der Waals surface area contributed by atoms with Crippen LogP contribution < -0.4 is 5.32 Å². The summed E-state index contributed by atoms with van der Waals surface area (Å²) in [6, 6.07) is 0.487. The van der Waals surface area contributed by atoms with E-state index in [0.717, 1.165) is 13.0 Å². The van der Waals surface area contributed by atoms with E-state index in [0.29, 0.717) is 31.8 Å². The molecule has 1 heterocycles. The second-order valence-electron chi connectivity index (χ2n) is 5.71. The molecule has 1 rings (SSSR count). The van der Waals surface area contributed by atoms with Crippen molar-refractivity contribution in [1.29, 1.82) is 0 Å². The van der Waals surface area contributed by atoms with Gasteiger partial charge in [-0.1, -0.05) is 13.8 Å². The third-order valence-corrected chi connectivity index (χ3v) is 3.67. The zero-order chi connectivity index (χ0) is 14.4. The minimum atomic E-state index is -0.736. The maximum absolute atomic E-state index is 12.1. The normalized spacial score (nSPS) is 23.7. The molecular weight excluding hydrogens is 244 g/mol. The first kappa shape index (κ1) is 16.0. The Morgan fingerprint density at radius 3 is 2.63 bits per heavy atom. The molecule has 1 aliphatic heterocycles. The van der Waals surface area contributed by atoms with Gasteiger partial charge < -0.3 is 15.3 Å². The van der Waals surface area contributed by atoms with E-state index in [9.17, 15) is 9.59 Å². The summed E-state index contributed by atoms with van der Waals surface area (Å²) in [5.41, 5.74) is 0. The summed E-state index contributed by atoms with van der Waals surface area (Å²) < 4.78 is 0. The molecule has 2 atom stereocenters. The fraction of sp³-hybridized carbons (Fsp3) is 0.857. The Hall–Kier alpha value is -1.10. The summed E-state index contributed by atoms with van der Waals surface area (Å²) >= 11 is 0. The molecule has 1 fully saturated rings. The van der Waals surface area contributed by atoms with Gasteiger partial charge in [-0.15, -0.1) is 0 Å². The monoisotopic (exact) mass is 270 g/mol. The van der Waals surface area contributed by atoms with Crippen molar-refractivity contribution in [2.24, 2.45) is 5.92 Å². The highest BCUT2D eigenvalue weighted by Crippen LogP contribution is 2.23. The molecule has 0 saturated carbocycles. The van der Waals surface area contributed by atoms with Crippen LogP contribution in [-0.2, 0) is 9.59 Å². The Bertz CT molecular complexity index is 318. The van der Waals surface area contributed by atoms with Crippen molar-refractivity contribution in [1.82, 2.24) is 10.2 Å². The summed E-state index contributed by atoms with van der Waals surface area (Å²) in [6.07, 6.45) is 2.53. The van der Waals surface area contributed by atoms with E-state index in [-0.39, 0.29) is 17.9 Å². The maximum atomic E-state index is 12.1. The largest absolute Gasteiger partial charge is 0.481 e. The highest BCUT2D eigenvalue weighted by atomic mass is 16.4. The number of carboxylic acids is 1. The molecule has 1 saturated heterocycles. The first-order valence-corrected chi connectivity index (χ1v) is 7.17. The lowest BCUT2D eigenvalue weighted by Crippen LogP contribution is -2.46. The molecule has 5 heteroatoms. The van der Waals surface area contributed by atoms with E-state index in [2.05, 4.69) is 19.2 Å². The standard InChI is InChI=1S/C14H26N2O3/c1-10(2)15-7-4-5-13(17)16-8-6-12(14(18)19)9-11(16)3/h10-12,15H,4-9H2,1-3H3,(H,18,19). The predicted octanol–water partition coefficient (Wildman–Crippen LogP) is 1.48. The molecule has 0 aromatic carbocycles. The Labute approximate surface area is 115 Å². The van der Waals surface area contributed by atoms with Crippen LogP contribution in [-0.4, -0.2) is 47.1 Å². The Morgan fingerprint density at radius 1 is 1.42 bits per heavy atom. The van der Waals surface area contributed by atoms with Crippen molar-refractivity contribution in [3.8, 4) is 0 Å². The van der Waals surface area contributed by atoms with E-state index in [1.165, 1.54) is 0 Å². The fourth-order valence-corrected chi connectivity index (χ4v) is 2.54. The summed E-state index contributed by atoms with van der Waals surface area (Å²) in [5.74, 6) is -0.872. The Balaban J connectivity index is 2.31. The molecule has 5 nitrogen and oxygen atoms in total. The third kappa shape index (κ3) is 5.19. The number of hydrogen-bond donors (Lipinski definition) is 2. The minimum Gasteiger partial charge on any atom is -0.481 e. The fourth-order valence-electron chi connectivity index (χ4n) is 2.54. The average molecular weight is 270 g/mol. The van der Waals surface area contributed by atoms with Crippen LogP contribution in [0.3, 0.4) is 0 Å². The molecule has 0 aliphatic carbocycles. The van der Waals surface area contributed by atoms with Crippen LogP contribution in [0.25, 0.3) is 0 Å². The van der Waals surface area contributed by atoms with E-state index in [4.69, 9.17) is 5.11 Å². The molecule has 2 N–H and O–H groups in total. The molecule has 0 aromatic rings. The maximum Gasteiger partial charge on any atom is 0.306 e. The zero-order valence-electron chi connectivity index (χ0n) is 12.2. The van der Waals surface area contributed by atoms with Gasteiger partial charge in [0.2, 0.25) is 5.91 Å². The summed E-state index contributed by atoms with van der Waals surface area (Å²) in [4.78, 5) is 24.9. The van der Waals surface area contributed by atoms with Crippen LogP contribution in [0.15, 0.2) is 0 Å². The molecule has 110 valence electrons. The van der Waals surface area contributed by atoms with Crippen LogP contribution in [0.5, 0.6) is 0 Å². The lowest BCUT2D eigenvalue weighted by Gasteiger charge is -2.36. The van der Waals surface area contributed by atoms with Gasteiger partial charge in [-0.25, -0.2) is 0 Å². The quantitative estimate of drug-likeness (QED) is 0.717. The van der Waals surface area contributed by atoms with E-state index in [1.54, 1.807) is 0 Å². The number of carbonyl (C=O) groups excluding carboxylic acids is 1. The number of carbonyl (C=O) groups is 2. The van der Waals surface area contributed by atoms with Crippen molar-refractivity contribution in [3.05, 3.63) is 0 Å². The smallest absolute Gasteiger partial charge is 0.306 e. The van der Waals surface area contributed by atoms with Crippen molar-refractivity contribution in [2.45, 2.75) is 58.5 Å². The van der Waals surface area contributed by atoms with Gasteiger partial charge in [0.05, 0.1) is 5.92 Å². The topological polar surface area (TPSA) is 69.6 Å². The Morgan fingerprint density at radius 2 is 2.11 bits per heavy atom. The second kappa shape index (κ2) is 7.48. The van der Waals surface area contributed by atoms with Crippen LogP contribution in [0, 0.1) is 5.92 Å². The van der Waals surface area contributed by atoms with Crippen molar-refractivity contribution in [2.75, 3.05) is 13.1 Å². The number of piperidine rings is 1. The van der Waals surface area contributed by atoms with E-state index in [1.807, 2.05) is 11.8 Å². The summed E-state index contributed by atoms with van der Waals surface area (Å²) in [7, 11) is 0. The van der Waals surface area contributed by atoms with Gasteiger partial charge in [-0.3, -0.25) is 9.59 Å². The molecule has 0 bridgehead atoms. The number of aliphatic carboxylic acids is 1. The van der Waals surface area contributed by atoms with Gasteiger partial charge in [0, 0.05) is 25.0 Å². The lowest BCUT2D eigenvalue weighted by atomic mass is 9.91. The van der Waals surface area contributed by atoms with Crippen molar-refractivity contribution < 1.29 is 14.7 Å². The highest BCUT2D eigenvalue weighted by Gasteiger charge is 2.31. The van der Waals surface area contributed by atoms with Gasteiger partial charge in [-0.2, -0.15) is 0 Å². The SMILES string of the molecule is CC(C)NCCCC(=O)N1CCC(C(=O)O)CC1C. The van der Waals surface area contributed by atoms with Gasteiger partial charge in [0.1, 0.15) is 0 Å². The molecule has 0 radical (unpaired) electrons. The Kier molecular flexibility index (Phi) is 6.28. The third-order valence-electron chi connectivity index (χ3n) is 3.67. The van der Waals surface area contributed by atoms with Gasteiger partial charge in [-0.05, 0) is 32.7 Å². The number of nitrogens with one attached hydrogen (secondary N) is 1. The number of nitrogens with zero attached hydrogens (tertiary/aromatic N) is 1. The molecule has 1 amide bonds. The number of likely N-dealkylation sites (tertiary alicyclic amines) is 1. The molecular formula is C14H26N2O3. The van der Waals surface area contributed by atoms with Gasteiger partial charge in [0.15, 0.2) is 0 Å². The van der Waals surface area contributed by atoms with E-state index >= 15 is 0 Å². The van der Waals surface area contributed by atoms with Gasteiger partial charge >= 0.3 is 5.97 Å². The zero-order valence-corrected chi connectivity index (χ0v) is 12.2. The van der Waals surface area contributed by atoms with E-state index < -0.39 is 5.97 Å². The molecule has 1 aliphatic rings. The average Bonchev–Trinajstić information content (AvgIpc) is 2.33. The van der Waals surface area contributed by atoms with Crippen LogP contribution >= 0.6 is 0 Å². The van der Waals surface area contributed by atoms with Crippen LogP contribution in [0.4, 0.5) is 0 Å². The number of rotatable bonds is 6. The molecule has 0 aromatic heterocycles.